The van der Waals surface area contributed by atoms with Gasteiger partial charge in [-0.25, -0.2) is 4.98 Å². The van der Waals surface area contributed by atoms with Gasteiger partial charge >= 0.3 is 0 Å². The van der Waals surface area contributed by atoms with E-state index >= 15 is 0 Å². The van der Waals surface area contributed by atoms with Crippen LogP contribution >= 0.6 is 0 Å². The van der Waals surface area contributed by atoms with Crippen molar-refractivity contribution in [3.05, 3.63) is 519 Å². The summed E-state index contributed by atoms with van der Waals surface area (Å²) in [4.78, 5) is 28.8. The molecule has 0 atom stereocenters. The Kier molecular flexibility index (Phi) is 15.6. The molecule has 0 saturated carbocycles. The molecule has 140 heavy (non-hydrogen) atoms. The van der Waals surface area contributed by atoms with Crippen molar-refractivity contribution in [3.63, 3.8) is 0 Å². The van der Waals surface area contributed by atoms with E-state index in [9.17, 15) is 0 Å². The SMILES string of the molecule is c1ccc2c(c1)Cc1ccc3c(c1-2)-c1c(cc2c4c1Cc1cccnc1N4c1ccccc1C2)C3.c1ccc2c(c1)Cc1ccc3c(c1-2)-c1c(cc2c4c1Cc1ccncc1N4c1ccccc1C2)C3.c1ccc2c(c1)Cc1ccc3c(c1-2)-c1c(cc2c4c1Cc1cnccc1N4c1ccccc1C2)C3.c1ccc2c(c1)Cc1ccc3c(c1-2)-c1c(cc2c4c1Cc1ncccc1N4c1ccccc1C2)C3. The summed E-state index contributed by atoms with van der Waals surface area (Å²) in [5.74, 6) is 1.09. The zero-order valence-corrected chi connectivity index (χ0v) is 77.2. The average Bonchev–Trinajstić information content (AvgIpc) is 1.48. The Bertz CT molecular complexity index is 8040. The molecule has 0 spiro atoms. The fraction of sp³-hybridized carbons (Fsp3) is 0.121. The molecule has 16 aromatic carbocycles. The number of anilines is 12. The van der Waals surface area contributed by atoms with E-state index in [1.54, 1.807) is 0 Å². The van der Waals surface area contributed by atoms with Gasteiger partial charge in [-0.1, -0.05) is 249 Å². The van der Waals surface area contributed by atoms with E-state index in [1.165, 1.54) is 330 Å². The van der Waals surface area contributed by atoms with Crippen LogP contribution in [0.2, 0.25) is 0 Å². The van der Waals surface area contributed by atoms with Gasteiger partial charge in [-0.05, 0) is 367 Å². The highest BCUT2D eigenvalue weighted by molar-refractivity contribution is 6.08. The smallest absolute Gasteiger partial charge is 0.141 e. The molecule has 0 fully saturated rings. The molecule has 0 radical (unpaired) electrons. The third-order valence-corrected chi connectivity index (χ3v) is 34.2. The first-order chi connectivity index (χ1) is 69.4. The summed E-state index contributed by atoms with van der Waals surface area (Å²) < 4.78 is 0. The normalized spacial score (nSPS) is 14.9. The van der Waals surface area contributed by atoms with E-state index in [0.29, 0.717) is 0 Å². The Morgan fingerprint density at radius 2 is 0.436 bits per heavy atom. The number of benzene rings is 16. The number of nitrogens with zero attached hydrogens (tertiary/aromatic N) is 8. The predicted molar refractivity (Wildman–Crippen MR) is 564 cm³/mol. The average molecular weight is 1790 g/mol. The van der Waals surface area contributed by atoms with Gasteiger partial charge in [0.05, 0.1) is 57.4 Å². The van der Waals surface area contributed by atoms with E-state index in [-0.39, 0.29) is 0 Å². The van der Waals surface area contributed by atoms with Crippen LogP contribution in [0.3, 0.4) is 0 Å². The number of hydrogen-bond donors (Lipinski definition) is 0. The van der Waals surface area contributed by atoms with E-state index in [4.69, 9.17) is 9.97 Å². The van der Waals surface area contributed by atoms with Crippen LogP contribution in [-0.4, -0.2) is 19.9 Å². The van der Waals surface area contributed by atoms with Crippen LogP contribution in [0.1, 0.15) is 178 Å². The zero-order chi connectivity index (χ0) is 90.7. The first kappa shape index (κ1) is 76.5. The second kappa shape index (κ2) is 28.5. The topological polar surface area (TPSA) is 64.5 Å². The number of para-hydroxylation sites is 4. The van der Waals surface area contributed by atoms with E-state index in [0.717, 1.165) is 109 Å². The Hall–Kier alpha value is -16.7. The van der Waals surface area contributed by atoms with Gasteiger partial charge in [0.25, 0.3) is 0 Å². The highest BCUT2D eigenvalue weighted by Crippen LogP contribution is 2.65. The lowest BCUT2D eigenvalue weighted by atomic mass is 9.81. The maximum Gasteiger partial charge on any atom is 0.141 e. The van der Waals surface area contributed by atoms with Crippen molar-refractivity contribution in [3.8, 4) is 89.0 Å². The van der Waals surface area contributed by atoms with Crippen LogP contribution < -0.4 is 19.6 Å². The van der Waals surface area contributed by atoms with Crippen LogP contribution in [0, 0.1) is 0 Å². The summed E-state index contributed by atoms with van der Waals surface area (Å²) in [7, 11) is 0. The molecular weight excluding hydrogens is 1700 g/mol. The molecule has 0 N–H and O–H groups in total. The van der Waals surface area contributed by atoms with Crippen LogP contribution in [0.5, 0.6) is 0 Å². The van der Waals surface area contributed by atoms with Crippen LogP contribution in [0.15, 0.2) is 340 Å². The molecular formula is C132H88N8. The molecule has 36 rings (SSSR count). The van der Waals surface area contributed by atoms with Gasteiger partial charge in [0.2, 0.25) is 0 Å². The van der Waals surface area contributed by atoms with Gasteiger partial charge in [0.1, 0.15) is 5.82 Å². The van der Waals surface area contributed by atoms with Crippen molar-refractivity contribution in [2.24, 2.45) is 0 Å². The summed E-state index contributed by atoms with van der Waals surface area (Å²) >= 11 is 0. The van der Waals surface area contributed by atoms with Crippen molar-refractivity contribution in [2.45, 2.75) is 103 Å². The predicted octanol–water partition coefficient (Wildman–Crippen LogP) is 30.0. The fourth-order valence-electron chi connectivity index (χ4n) is 28.8. The van der Waals surface area contributed by atoms with Gasteiger partial charge in [-0.2, -0.15) is 0 Å². The van der Waals surface area contributed by atoms with Crippen molar-refractivity contribution in [1.82, 2.24) is 19.9 Å². The molecule has 8 nitrogen and oxygen atoms in total. The monoisotopic (exact) mass is 1780 g/mol. The van der Waals surface area contributed by atoms with Crippen molar-refractivity contribution < 1.29 is 0 Å². The highest BCUT2D eigenvalue weighted by Gasteiger charge is 2.46. The fourth-order valence-corrected chi connectivity index (χ4v) is 28.8. The Labute approximate surface area is 812 Å². The summed E-state index contributed by atoms with van der Waals surface area (Å²) in [5, 5.41) is 0. The second-order valence-corrected chi connectivity index (χ2v) is 41.4. The van der Waals surface area contributed by atoms with E-state index in [2.05, 4.69) is 345 Å². The van der Waals surface area contributed by atoms with Gasteiger partial charge in [0, 0.05) is 99.4 Å². The maximum atomic E-state index is 4.90. The molecule has 0 saturated heterocycles. The van der Waals surface area contributed by atoms with E-state index in [1.807, 2.05) is 24.8 Å². The van der Waals surface area contributed by atoms with Crippen LogP contribution in [0.4, 0.5) is 68.4 Å². The molecule has 0 amide bonds. The quantitative estimate of drug-likeness (QED) is 0.149. The van der Waals surface area contributed by atoms with Crippen molar-refractivity contribution in [2.75, 3.05) is 19.6 Å². The largest absolute Gasteiger partial charge is 0.309 e. The first-order valence-electron chi connectivity index (χ1n) is 50.3. The third-order valence-electron chi connectivity index (χ3n) is 34.2. The molecule has 12 heterocycles. The number of hydrogen-bond acceptors (Lipinski definition) is 8. The lowest BCUT2D eigenvalue weighted by Crippen LogP contribution is -2.26. The number of fused-ring (bicyclic) bond motifs is 48. The second-order valence-electron chi connectivity index (χ2n) is 41.4. The van der Waals surface area contributed by atoms with Gasteiger partial charge in [-0.15, -0.1) is 0 Å². The van der Waals surface area contributed by atoms with Gasteiger partial charge < -0.3 is 14.7 Å². The van der Waals surface area contributed by atoms with E-state index < -0.39 is 0 Å². The molecule has 4 aromatic heterocycles. The Morgan fingerprint density at radius 3 is 0.864 bits per heavy atom. The standard InChI is InChI=1S/4C33H22N2/c1-3-9-26-19(6-1)14-21-11-12-22-16-24-17-25-15-20-7-2-4-10-28(20)35-32(25)27(30(24)31(22)29(21)26)18-23-8-5-13-34-33(23)35;1-3-8-25-19(6-1)14-21-11-12-22-16-23-17-24-15-20-7-2-4-9-28(20)35-29-10-5-13-34-27(29)18-26(33(24)35)31(23)32(22)30(21)25;1-3-7-26-19(5-1)13-22-9-10-23-15-24-16-25-14-20-6-2-4-8-28(20)35-29-18-34-12-11-21(29)17-27(33(25)35)31(24)32(23)30(22)26;1-3-7-26-19(5-1)13-21-9-10-22-15-23-16-24-14-20-6-2-4-8-28(20)35-29-11-12-34-18-25(29)17-27(33(24)35)31(23)32(22)30(21)26/h2*1-13,17H,14-16,18H2;2*1-12,16,18H,13-15,17H2. The number of rotatable bonds is 0. The minimum absolute atomic E-state index is 0.894. The minimum atomic E-state index is 0.894. The zero-order valence-electron chi connectivity index (χ0n) is 77.2. The molecule has 16 aliphatic rings. The number of aromatic nitrogens is 4. The lowest BCUT2D eigenvalue weighted by Gasteiger charge is -2.40. The maximum absolute atomic E-state index is 4.90. The van der Waals surface area contributed by atoms with Gasteiger partial charge in [0.15, 0.2) is 0 Å². The minimum Gasteiger partial charge on any atom is -0.309 e. The van der Waals surface area contributed by atoms with Crippen LogP contribution in [0.25, 0.3) is 89.0 Å². The molecule has 0 unspecified atom stereocenters. The molecule has 0 bridgehead atoms. The molecule has 8 heteroatoms. The first-order valence-corrected chi connectivity index (χ1v) is 50.3. The Balaban J connectivity index is 0.0000000829. The Morgan fingerprint density at radius 1 is 0.157 bits per heavy atom. The summed E-state index contributed by atoms with van der Waals surface area (Å²) in [6, 6.07) is 114. The summed E-state index contributed by atoms with van der Waals surface area (Å²) in [6.07, 6.45) is 27.9. The molecule has 656 valence electrons. The molecule has 8 aliphatic heterocycles. The lowest BCUT2D eigenvalue weighted by molar-refractivity contribution is 0.969. The van der Waals surface area contributed by atoms with Crippen molar-refractivity contribution in [1.29, 1.82) is 0 Å². The number of pyridine rings is 4. The third kappa shape index (κ3) is 10.6. The molecule has 8 aliphatic carbocycles. The summed E-state index contributed by atoms with van der Waals surface area (Å²) in [6.45, 7) is 0. The van der Waals surface area contributed by atoms with Crippen LogP contribution in [-0.2, 0) is 103 Å². The van der Waals surface area contributed by atoms with Gasteiger partial charge in [-0.3, -0.25) is 19.9 Å². The molecule has 20 aromatic rings. The highest BCUT2D eigenvalue weighted by atomic mass is 15.2. The summed E-state index contributed by atoms with van der Waals surface area (Å²) in [5.41, 5.74) is 84.3. The van der Waals surface area contributed by atoms with Crippen molar-refractivity contribution >= 4 is 68.4 Å².